The molecule has 0 spiro atoms. The highest BCUT2D eigenvalue weighted by Crippen LogP contribution is 2.15. The second-order valence-electron chi connectivity index (χ2n) is 3.62. The van der Waals surface area contributed by atoms with Gasteiger partial charge >= 0.3 is 6.03 Å². The van der Waals surface area contributed by atoms with Crippen LogP contribution in [0.1, 0.15) is 13.3 Å². The largest absolute Gasteiger partial charge is 0.371 e. The van der Waals surface area contributed by atoms with Gasteiger partial charge in [-0.3, -0.25) is 0 Å². The Kier molecular flexibility index (Phi) is 2.40. The molecule has 2 saturated heterocycles. The summed E-state index contributed by atoms with van der Waals surface area (Å²) in [7, 11) is 0. The lowest BCUT2D eigenvalue weighted by Gasteiger charge is -2.34. The average molecular weight is 184 g/mol. The van der Waals surface area contributed by atoms with E-state index < -0.39 is 0 Å². The normalized spacial score (nSPS) is 28.1. The summed E-state index contributed by atoms with van der Waals surface area (Å²) in [5.41, 5.74) is 0. The molecule has 0 aromatic carbocycles. The van der Waals surface area contributed by atoms with Crippen molar-refractivity contribution >= 4 is 6.03 Å². The van der Waals surface area contributed by atoms with Gasteiger partial charge in [0, 0.05) is 19.6 Å². The predicted molar refractivity (Wildman–Crippen MR) is 48.6 cm³/mol. The van der Waals surface area contributed by atoms with Crippen molar-refractivity contribution in [3.8, 4) is 0 Å². The summed E-state index contributed by atoms with van der Waals surface area (Å²) in [6, 6.07) is 0.184. The van der Waals surface area contributed by atoms with Crippen LogP contribution in [0, 0.1) is 0 Å². The van der Waals surface area contributed by atoms with Gasteiger partial charge in [-0.2, -0.15) is 0 Å². The van der Waals surface area contributed by atoms with Crippen LogP contribution in [0.3, 0.4) is 0 Å². The van der Waals surface area contributed by atoms with Crippen molar-refractivity contribution in [1.82, 2.24) is 9.80 Å². The summed E-state index contributed by atoms with van der Waals surface area (Å²) in [6.07, 6.45) is 1.41. The Balaban J connectivity index is 1.89. The minimum Gasteiger partial charge on any atom is -0.371 e. The number of hydrogen-bond acceptors (Lipinski definition) is 2. The number of nitrogens with zero attached hydrogens (tertiary/aromatic N) is 2. The number of carbonyl (C=O) groups excluding carboxylic acids is 1. The SMILES string of the molecule is CCN1CCCN(CC2CO2)C1=O. The molecule has 13 heavy (non-hydrogen) atoms. The van der Waals surface area contributed by atoms with Crippen molar-refractivity contribution in [2.24, 2.45) is 0 Å². The molecule has 1 unspecified atom stereocenters. The quantitative estimate of drug-likeness (QED) is 0.600. The average Bonchev–Trinajstić information content (AvgIpc) is 2.92. The first-order valence-electron chi connectivity index (χ1n) is 4.96. The predicted octanol–water partition coefficient (Wildman–Crippen LogP) is 0.533. The van der Waals surface area contributed by atoms with Crippen LogP contribution in [0.25, 0.3) is 0 Å². The second-order valence-corrected chi connectivity index (χ2v) is 3.62. The fourth-order valence-electron chi connectivity index (χ4n) is 1.73. The van der Waals surface area contributed by atoms with Crippen LogP contribution in [-0.2, 0) is 4.74 Å². The Hall–Kier alpha value is -0.770. The van der Waals surface area contributed by atoms with Crippen LogP contribution >= 0.6 is 0 Å². The number of epoxide rings is 1. The van der Waals surface area contributed by atoms with Crippen molar-refractivity contribution in [2.45, 2.75) is 19.4 Å². The summed E-state index contributed by atoms with van der Waals surface area (Å²) in [5, 5.41) is 0. The minimum absolute atomic E-state index is 0.184. The van der Waals surface area contributed by atoms with Crippen LogP contribution < -0.4 is 0 Å². The van der Waals surface area contributed by atoms with E-state index in [1.54, 1.807) is 0 Å². The smallest absolute Gasteiger partial charge is 0.320 e. The van der Waals surface area contributed by atoms with Crippen molar-refractivity contribution in [3.05, 3.63) is 0 Å². The molecule has 0 aliphatic carbocycles. The van der Waals surface area contributed by atoms with Gasteiger partial charge < -0.3 is 14.5 Å². The maximum Gasteiger partial charge on any atom is 0.320 e. The lowest BCUT2D eigenvalue weighted by atomic mass is 10.2. The zero-order chi connectivity index (χ0) is 9.26. The molecule has 0 saturated carbocycles. The summed E-state index contributed by atoms with van der Waals surface area (Å²) in [4.78, 5) is 15.5. The van der Waals surface area contributed by atoms with Crippen LogP contribution in [-0.4, -0.2) is 54.7 Å². The third-order valence-electron chi connectivity index (χ3n) is 2.61. The second kappa shape index (κ2) is 3.54. The van der Waals surface area contributed by atoms with E-state index in [0.29, 0.717) is 6.10 Å². The molecule has 2 amide bonds. The van der Waals surface area contributed by atoms with E-state index in [-0.39, 0.29) is 6.03 Å². The maximum absolute atomic E-state index is 11.7. The van der Waals surface area contributed by atoms with E-state index in [0.717, 1.165) is 39.2 Å². The van der Waals surface area contributed by atoms with Gasteiger partial charge in [0.1, 0.15) is 0 Å². The van der Waals surface area contributed by atoms with Gasteiger partial charge in [0.15, 0.2) is 0 Å². The first-order chi connectivity index (χ1) is 6.31. The number of ether oxygens (including phenoxy) is 1. The van der Waals surface area contributed by atoms with E-state index >= 15 is 0 Å². The summed E-state index contributed by atoms with van der Waals surface area (Å²) < 4.78 is 5.12. The molecule has 0 aromatic rings. The Bertz CT molecular complexity index is 204. The Morgan fingerprint density at radius 2 is 2.15 bits per heavy atom. The van der Waals surface area contributed by atoms with Crippen molar-refractivity contribution < 1.29 is 9.53 Å². The number of hydrogen-bond donors (Lipinski definition) is 0. The first-order valence-corrected chi connectivity index (χ1v) is 4.96. The molecule has 74 valence electrons. The van der Waals surface area contributed by atoms with E-state index in [9.17, 15) is 4.79 Å². The number of rotatable bonds is 3. The molecular formula is C9H16N2O2. The fourth-order valence-corrected chi connectivity index (χ4v) is 1.73. The van der Waals surface area contributed by atoms with Crippen LogP contribution in [0.15, 0.2) is 0 Å². The van der Waals surface area contributed by atoms with Crippen molar-refractivity contribution in [1.29, 1.82) is 0 Å². The molecule has 0 N–H and O–H groups in total. The van der Waals surface area contributed by atoms with Gasteiger partial charge in [0.25, 0.3) is 0 Å². The molecule has 0 aromatic heterocycles. The Morgan fingerprint density at radius 1 is 1.46 bits per heavy atom. The number of urea groups is 1. The van der Waals surface area contributed by atoms with E-state index in [1.807, 2.05) is 16.7 Å². The van der Waals surface area contributed by atoms with E-state index in [1.165, 1.54) is 0 Å². The third kappa shape index (κ3) is 1.94. The van der Waals surface area contributed by atoms with Gasteiger partial charge in [-0.1, -0.05) is 0 Å². The molecule has 2 heterocycles. The number of amides is 2. The Labute approximate surface area is 78.4 Å². The highest BCUT2D eigenvalue weighted by molar-refractivity contribution is 5.75. The zero-order valence-corrected chi connectivity index (χ0v) is 8.03. The molecule has 2 fully saturated rings. The maximum atomic E-state index is 11.7. The minimum atomic E-state index is 0.184. The van der Waals surface area contributed by atoms with Crippen LogP contribution in [0.5, 0.6) is 0 Å². The van der Waals surface area contributed by atoms with Crippen molar-refractivity contribution in [3.63, 3.8) is 0 Å². The molecule has 2 rings (SSSR count). The lowest BCUT2D eigenvalue weighted by Crippen LogP contribution is -2.50. The van der Waals surface area contributed by atoms with E-state index in [4.69, 9.17) is 4.74 Å². The van der Waals surface area contributed by atoms with Crippen molar-refractivity contribution in [2.75, 3.05) is 32.8 Å². The fraction of sp³-hybridized carbons (Fsp3) is 0.889. The molecular weight excluding hydrogens is 168 g/mol. The molecule has 2 aliphatic heterocycles. The standard InChI is InChI=1S/C9H16N2O2/c1-2-10-4-3-5-11(9(10)12)6-8-7-13-8/h8H,2-7H2,1H3. The third-order valence-corrected chi connectivity index (χ3v) is 2.61. The molecule has 4 heteroatoms. The van der Waals surface area contributed by atoms with Gasteiger partial charge in [-0.25, -0.2) is 4.79 Å². The van der Waals surface area contributed by atoms with Gasteiger partial charge in [0.05, 0.1) is 19.3 Å². The summed E-state index contributed by atoms with van der Waals surface area (Å²) in [5.74, 6) is 0. The molecule has 0 radical (unpaired) electrons. The van der Waals surface area contributed by atoms with Gasteiger partial charge in [-0.15, -0.1) is 0 Å². The van der Waals surface area contributed by atoms with Crippen LogP contribution in [0.4, 0.5) is 4.79 Å². The molecule has 0 bridgehead atoms. The number of carbonyl (C=O) groups is 1. The zero-order valence-electron chi connectivity index (χ0n) is 8.03. The molecule has 4 nitrogen and oxygen atoms in total. The summed E-state index contributed by atoms with van der Waals surface area (Å²) in [6.45, 7) is 6.27. The lowest BCUT2D eigenvalue weighted by molar-refractivity contribution is 0.128. The topological polar surface area (TPSA) is 36.1 Å². The Morgan fingerprint density at radius 3 is 2.77 bits per heavy atom. The van der Waals surface area contributed by atoms with Crippen LogP contribution in [0.2, 0.25) is 0 Å². The molecule has 1 atom stereocenters. The van der Waals surface area contributed by atoms with E-state index in [2.05, 4.69) is 0 Å². The summed E-state index contributed by atoms with van der Waals surface area (Å²) >= 11 is 0. The van der Waals surface area contributed by atoms with Gasteiger partial charge in [0.2, 0.25) is 0 Å². The first kappa shape index (κ1) is 8.81. The van der Waals surface area contributed by atoms with Gasteiger partial charge in [-0.05, 0) is 13.3 Å². The highest BCUT2D eigenvalue weighted by Gasteiger charge is 2.31. The molecule has 2 aliphatic rings. The monoisotopic (exact) mass is 184 g/mol. The highest BCUT2D eigenvalue weighted by atomic mass is 16.6.